The number of carbonyl (C=O) groups excluding carboxylic acids is 1. The van der Waals surface area contributed by atoms with Crippen LogP contribution in [-0.2, 0) is 0 Å². The van der Waals surface area contributed by atoms with E-state index in [1.165, 1.54) is 18.2 Å². The summed E-state index contributed by atoms with van der Waals surface area (Å²) in [5.41, 5.74) is 0.334. The normalized spacial score (nSPS) is 19.6. The summed E-state index contributed by atoms with van der Waals surface area (Å²) in [6.07, 6.45) is 2.28. The summed E-state index contributed by atoms with van der Waals surface area (Å²) in [6, 6.07) is 3.87. The van der Waals surface area contributed by atoms with Crippen LogP contribution in [0.25, 0.3) is 0 Å². The first kappa shape index (κ1) is 17.4. The van der Waals surface area contributed by atoms with Crippen LogP contribution in [0.2, 0.25) is 5.02 Å². The second-order valence-corrected chi connectivity index (χ2v) is 7.30. The molecule has 1 saturated heterocycles. The molecular formula is C18H20ClFN4O2. The monoisotopic (exact) mass is 378 g/mol. The lowest BCUT2D eigenvalue weighted by Crippen LogP contribution is -2.49. The molecule has 1 aromatic heterocycles. The van der Waals surface area contributed by atoms with Gasteiger partial charge >= 0.3 is 0 Å². The standard InChI is InChI=1S/C18H20ClFN4O2/c1-11(17-21-16(22-26-17)12-2-3-12)23-6-8-24(9-7-23)18(25)14-5-4-13(20)10-15(14)19/h4-5,10-12H,2-3,6-9H2,1H3. The van der Waals surface area contributed by atoms with Gasteiger partial charge in [0.1, 0.15) is 5.82 Å². The van der Waals surface area contributed by atoms with Crippen molar-refractivity contribution in [1.29, 1.82) is 0 Å². The Kier molecular flexibility index (Phi) is 4.67. The fourth-order valence-corrected chi connectivity index (χ4v) is 3.47. The number of carbonyl (C=O) groups is 1. The molecule has 2 heterocycles. The van der Waals surface area contributed by atoms with Crippen molar-refractivity contribution >= 4 is 17.5 Å². The zero-order valence-corrected chi connectivity index (χ0v) is 15.2. The van der Waals surface area contributed by atoms with Crippen LogP contribution in [0.4, 0.5) is 4.39 Å². The van der Waals surface area contributed by atoms with Gasteiger partial charge in [0.05, 0.1) is 16.6 Å². The molecule has 6 nitrogen and oxygen atoms in total. The Bertz CT molecular complexity index is 815. The van der Waals surface area contributed by atoms with Gasteiger partial charge in [0.15, 0.2) is 5.82 Å². The van der Waals surface area contributed by atoms with Gasteiger partial charge in [-0.3, -0.25) is 9.69 Å². The van der Waals surface area contributed by atoms with Crippen molar-refractivity contribution in [3.8, 4) is 0 Å². The third kappa shape index (κ3) is 3.46. The Morgan fingerprint density at radius 1 is 1.31 bits per heavy atom. The Labute approximate surface area is 155 Å². The number of benzene rings is 1. The molecule has 0 radical (unpaired) electrons. The van der Waals surface area contributed by atoms with Gasteiger partial charge in [-0.15, -0.1) is 0 Å². The fraction of sp³-hybridized carbons (Fsp3) is 0.500. The average Bonchev–Trinajstić information content (AvgIpc) is 3.38. The van der Waals surface area contributed by atoms with Gasteiger partial charge in [-0.05, 0) is 38.0 Å². The Morgan fingerprint density at radius 3 is 2.69 bits per heavy atom. The molecule has 2 aromatic rings. The highest BCUT2D eigenvalue weighted by atomic mass is 35.5. The number of nitrogens with zero attached hydrogens (tertiary/aromatic N) is 4. The topological polar surface area (TPSA) is 62.5 Å². The molecule has 1 atom stereocenters. The lowest BCUT2D eigenvalue weighted by molar-refractivity contribution is 0.0552. The van der Waals surface area contributed by atoms with E-state index in [1.54, 1.807) is 4.90 Å². The van der Waals surface area contributed by atoms with Crippen LogP contribution in [0.5, 0.6) is 0 Å². The van der Waals surface area contributed by atoms with Gasteiger partial charge in [0.25, 0.3) is 5.91 Å². The lowest BCUT2D eigenvalue weighted by Gasteiger charge is -2.36. The lowest BCUT2D eigenvalue weighted by atomic mass is 10.1. The number of hydrogen-bond donors (Lipinski definition) is 0. The van der Waals surface area contributed by atoms with Gasteiger partial charge in [-0.1, -0.05) is 16.8 Å². The van der Waals surface area contributed by atoms with Gasteiger partial charge in [-0.2, -0.15) is 4.98 Å². The number of hydrogen-bond acceptors (Lipinski definition) is 5. The molecule has 1 unspecified atom stereocenters. The van der Waals surface area contributed by atoms with Crippen LogP contribution in [0.15, 0.2) is 22.7 Å². The maximum atomic E-state index is 13.2. The van der Waals surface area contributed by atoms with Crippen LogP contribution in [0.1, 0.15) is 53.8 Å². The second kappa shape index (κ2) is 6.96. The molecule has 4 rings (SSSR count). The van der Waals surface area contributed by atoms with E-state index in [0.29, 0.717) is 43.6 Å². The van der Waals surface area contributed by atoms with Crippen LogP contribution >= 0.6 is 11.6 Å². The van der Waals surface area contributed by atoms with Crippen LogP contribution in [0, 0.1) is 5.82 Å². The van der Waals surface area contributed by atoms with Crippen molar-refractivity contribution in [3.63, 3.8) is 0 Å². The maximum absolute atomic E-state index is 13.2. The van der Waals surface area contributed by atoms with Crippen molar-refractivity contribution in [2.24, 2.45) is 0 Å². The Balaban J connectivity index is 1.37. The number of halogens is 2. The summed E-state index contributed by atoms with van der Waals surface area (Å²) in [4.78, 5) is 21.1. The first-order valence-electron chi connectivity index (χ1n) is 8.85. The summed E-state index contributed by atoms with van der Waals surface area (Å²) in [6.45, 7) is 4.58. The molecule has 1 aromatic carbocycles. The summed E-state index contributed by atoms with van der Waals surface area (Å²) >= 11 is 6.01. The van der Waals surface area contributed by atoms with Crippen molar-refractivity contribution in [2.45, 2.75) is 31.7 Å². The van der Waals surface area contributed by atoms with Crippen LogP contribution in [-0.4, -0.2) is 52.0 Å². The molecule has 1 amide bonds. The highest BCUT2D eigenvalue weighted by molar-refractivity contribution is 6.33. The van der Waals surface area contributed by atoms with E-state index in [2.05, 4.69) is 15.0 Å². The minimum absolute atomic E-state index is 0.0154. The zero-order valence-electron chi connectivity index (χ0n) is 14.5. The SMILES string of the molecule is CC(c1nc(C2CC2)no1)N1CCN(C(=O)c2ccc(F)cc2Cl)CC1. The van der Waals surface area contributed by atoms with Crippen molar-refractivity contribution in [2.75, 3.05) is 26.2 Å². The molecular weight excluding hydrogens is 359 g/mol. The van der Waals surface area contributed by atoms with E-state index in [4.69, 9.17) is 16.1 Å². The molecule has 2 aliphatic rings. The highest BCUT2D eigenvalue weighted by Gasteiger charge is 2.32. The largest absolute Gasteiger partial charge is 0.338 e. The quantitative estimate of drug-likeness (QED) is 0.817. The molecule has 8 heteroatoms. The number of amides is 1. The van der Waals surface area contributed by atoms with E-state index < -0.39 is 5.82 Å². The molecule has 1 aliphatic carbocycles. The molecule has 0 bridgehead atoms. The zero-order chi connectivity index (χ0) is 18.3. The van der Waals surface area contributed by atoms with Gasteiger partial charge < -0.3 is 9.42 Å². The Hall–Kier alpha value is -1.99. The summed E-state index contributed by atoms with van der Waals surface area (Å²) in [5, 5.41) is 4.21. The molecule has 1 saturated carbocycles. The van der Waals surface area contributed by atoms with E-state index in [1.807, 2.05) is 6.92 Å². The molecule has 1 aliphatic heterocycles. The molecule has 0 spiro atoms. The second-order valence-electron chi connectivity index (χ2n) is 6.89. The third-order valence-corrected chi connectivity index (χ3v) is 5.38. The summed E-state index contributed by atoms with van der Waals surface area (Å²) in [7, 11) is 0. The fourth-order valence-electron chi connectivity index (χ4n) is 3.23. The van der Waals surface area contributed by atoms with Gasteiger partial charge in [0, 0.05) is 32.1 Å². The minimum Gasteiger partial charge on any atom is -0.338 e. The predicted molar refractivity (Wildman–Crippen MR) is 93.6 cm³/mol. The number of aromatic nitrogens is 2. The highest BCUT2D eigenvalue weighted by Crippen LogP contribution is 2.38. The van der Waals surface area contributed by atoms with E-state index in [9.17, 15) is 9.18 Å². The summed E-state index contributed by atoms with van der Waals surface area (Å²) in [5.74, 6) is 1.29. The molecule has 26 heavy (non-hydrogen) atoms. The molecule has 138 valence electrons. The smallest absolute Gasteiger partial charge is 0.255 e. The minimum atomic E-state index is -0.449. The van der Waals surface area contributed by atoms with E-state index >= 15 is 0 Å². The number of rotatable bonds is 4. The third-order valence-electron chi connectivity index (χ3n) is 5.07. The van der Waals surface area contributed by atoms with Crippen molar-refractivity contribution < 1.29 is 13.7 Å². The average molecular weight is 379 g/mol. The van der Waals surface area contributed by atoms with Crippen molar-refractivity contribution in [1.82, 2.24) is 19.9 Å². The number of piperazine rings is 1. The molecule has 0 N–H and O–H groups in total. The van der Waals surface area contributed by atoms with E-state index in [0.717, 1.165) is 18.7 Å². The van der Waals surface area contributed by atoms with Crippen molar-refractivity contribution in [3.05, 3.63) is 46.3 Å². The van der Waals surface area contributed by atoms with Crippen LogP contribution < -0.4 is 0 Å². The van der Waals surface area contributed by atoms with Gasteiger partial charge in [0.2, 0.25) is 5.89 Å². The van der Waals surface area contributed by atoms with Crippen LogP contribution in [0.3, 0.4) is 0 Å². The first-order valence-corrected chi connectivity index (χ1v) is 9.22. The summed E-state index contributed by atoms with van der Waals surface area (Å²) < 4.78 is 18.6. The Morgan fingerprint density at radius 2 is 2.04 bits per heavy atom. The van der Waals surface area contributed by atoms with Gasteiger partial charge in [-0.25, -0.2) is 4.39 Å². The first-order chi connectivity index (χ1) is 12.5. The predicted octanol–water partition coefficient (Wildman–Crippen LogP) is 3.26. The van der Waals surface area contributed by atoms with E-state index in [-0.39, 0.29) is 17.0 Å². The molecule has 2 fully saturated rings. The maximum Gasteiger partial charge on any atom is 0.255 e.